The number of benzene rings is 2. The number of carbonyl (C=O) groups excluding carboxylic acids is 2. The van der Waals surface area contributed by atoms with E-state index >= 15 is 0 Å². The van der Waals surface area contributed by atoms with Gasteiger partial charge in [-0.05, 0) is 49.7 Å². The van der Waals surface area contributed by atoms with Gasteiger partial charge in [-0.3, -0.25) is 14.5 Å². The monoisotopic (exact) mass is 466 g/mol. The molecule has 1 heterocycles. The van der Waals surface area contributed by atoms with Crippen LogP contribution in [0.3, 0.4) is 0 Å². The van der Waals surface area contributed by atoms with Crippen LogP contribution in [-0.2, 0) is 22.2 Å². The predicted octanol–water partition coefficient (Wildman–Crippen LogP) is 3.59. The molecule has 1 fully saturated rings. The molecule has 168 valence electrons. The number of anilines is 2. The fraction of sp³-hybridized carbons (Fsp3) is 0.286. The van der Waals surface area contributed by atoms with Gasteiger partial charge in [-0.15, -0.1) is 12.6 Å². The normalized spacial score (nSPS) is 18.1. The number of primary amides is 1. The van der Waals surface area contributed by atoms with E-state index in [0.29, 0.717) is 0 Å². The molecule has 1 unspecified atom stereocenters. The van der Waals surface area contributed by atoms with Crippen molar-refractivity contribution in [2.24, 2.45) is 5.73 Å². The van der Waals surface area contributed by atoms with Gasteiger partial charge in [0.05, 0.1) is 23.6 Å². The fourth-order valence-corrected chi connectivity index (χ4v) is 4.30. The highest BCUT2D eigenvalue weighted by molar-refractivity contribution is 7.81. The fourth-order valence-electron chi connectivity index (χ4n) is 3.64. The molecular weight excluding hydrogens is 448 g/mol. The topological polar surface area (TPSA) is 90.4 Å². The van der Waals surface area contributed by atoms with E-state index in [1.165, 1.54) is 43.0 Å². The Bertz CT molecular complexity index is 1140. The van der Waals surface area contributed by atoms with Gasteiger partial charge in [0, 0.05) is 11.4 Å². The van der Waals surface area contributed by atoms with Crippen molar-refractivity contribution in [3.05, 3.63) is 58.9 Å². The molecule has 0 aliphatic carbocycles. The standard InChI is InChI=1S/C21H18F4N4O2S/c1-20(2)18(31)28(13-5-4-12(10-26)15(8-13)21(23,24)25)19(32)29(20)14-6-3-11(7-17(27)30)16(22)9-14/h3-6,8-9,19,32H,7H2,1-2H3,(H2,27,30). The first-order valence-corrected chi connectivity index (χ1v) is 9.80. The number of thiol groups is 1. The summed E-state index contributed by atoms with van der Waals surface area (Å²) in [5.41, 5.74) is 1.18. The molecule has 1 aliphatic rings. The Morgan fingerprint density at radius 1 is 1.22 bits per heavy atom. The smallest absolute Gasteiger partial charge is 0.369 e. The van der Waals surface area contributed by atoms with Crippen molar-refractivity contribution >= 4 is 35.8 Å². The number of hydrogen-bond donors (Lipinski definition) is 2. The summed E-state index contributed by atoms with van der Waals surface area (Å²) in [6.45, 7) is 3.06. The highest BCUT2D eigenvalue weighted by Crippen LogP contribution is 2.42. The second-order valence-corrected chi connectivity index (χ2v) is 8.17. The van der Waals surface area contributed by atoms with Crippen LogP contribution in [-0.4, -0.2) is 22.9 Å². The van der Waals surface area contributed by atoms with Crippen LogP contribution in [0.15, 0.2) is 36.4 Å². The van der Waals surface area contributed by atoms with Crippen LogP contribution in [0.1, 0.15) is 30.5 Å². The van der Waals surface area contributed by atoms with Crippen LogP contribution in [0.5, 0.6) is 0 Å². The first kappa shape index (κ1) is 23.4. The molecular formula is C21H18F4N4O2S. The number of rotatable bonds is 4. The molecule has 32 heavy (non-hydrogen) atoms. The van der Waals surface area contributed by atoms with E-state index in [2.05, 4.69) is 12.6 Å². The average molecular weight is 466 g/mol. The van der Waals surface area contributed by atoms with E-state index in [4.69, 9.17) is 11.0 Å². The summed E-state index contributed by atoms with van der Waals surface area (Å²) < 4.78 is 54.7. The maximum absolute atomic E-state index is 14.5. The Kier molecular flexibility index (Phi) is 5.86. The van der Waals surface area contributed by atoms with Crippen molar-refractivity contribution in [2.75, 3.05) is 9.80 Å². The van der Waals surface area contributed by atoms with Crippen LogP contribution in [0.4, 0.5) is 28.9 Å². The van der Waals surface area contributed by atoms with Gasteiger partial charge in [0.1, 0.15) is 11.4 Å². The molecule has 6 nitrogen and oxygen atoms in total. The molecule has 0 aromatic heterocycles. The predicted molar refractivity (Wildman–Crippen MR) is 112 cm³/mol. The Labute approximate surface area is 186 Å². The Morgan fingerprint density at radius 2 is 1.84 bits per heavy atom. The minimum atomic E-state index is -4.80. The zero-order valence-electron chi connectivity index (χ0n) is 16.9. The van der Waals surface area contributed by atoms with Gasteiger partial charge in [-0.1, -0.05) is 6.07 Å². The molecule has 3 rings (SSSR count). The van der Waals surface area contributed by atoms with Crippen molar-refractivity contribution in [1.82, 2.24) is 0 Å². The third kappa shape index (κ3) is 3.98. The minimum absolute atomic E-state index is 0.0686. The van der Waals surface area contributed by atoms with Crippen molar-refractivity contribution in [1.29, 1.82) is 5.26 Å². The number of hydrogen-bond acceptors (Lipinski definition) is 5. The molecule has 0 bridgehead atoms. The third-order valence-electron chi connectivity index (χ3n) is 5.19. The van der Waals surface area contributed by atoms with Gasteiger partial charge < -0.3 is 10.6 Å². The number of alkyl halides is 3. The van der Waals surface area contributed by atoms with Gasteiger partial charge in [-0.25, -0.2) is 4.39 Å². The molecule has 2 amide bonds. The Balaban J connectivity index is 2.06. The lowest BCUT2D eigenvalue weighted by Gasteiger charge is -2.33. The minimum Gasteiger partial charge on any atom is -0.369 e. The first-order valence-electron chi connectivity index (χ1n) is 9.28. The molecule has 11 heteroatoms. The zero-order chi connectivity index (χ0) is 24.0. The van der Waals surface area contributed by atoms with Gasteiger partial charge in [-0.2, -0.15) is 18.4 Å². The molecule has 0 spiro atoms. The van der Waals surface area contributed by atoms with Crippen LogP contribution >= 0.6 is 12.6 Å². The van der Waals surface area contributed by atoms with Crippen molar-refractivity contribution in [3.63, 3.8) is 0 Å². The van der Waals surface area contributed by atoms with Crippen LogP contribution in [0.25, 0.3) is 0 Å². The molecule has 2 N–H and O–H groups in total. The molecule has 0 saturated carbocycles. The summed E-state index contributed by atoms with van der Waals surface area (Å²) in [5.74, 6) is -2.01. The summed E-state index contributed by atoms with van der Waals surface area (Å²) in [5, 5.41) is 9.00. The lowest BCUT2D eigenvalue weighted by atomic mass is 10.0. The number of carbonyl (C=O) groups is 2. The quantitative estimate of drug-likeness (QED) is 0.532. The Hall–Kier alpha value is -3.26. The summed E-state index contributed by atoms with van der Waals surface area (Å²) in [6, 6.07) is 8.36. The number of halogens is 4. The molecule has 2 aromatic rings. The van der Waals surface area contributed by atoms with E-state index in [9.17, 15) is 27.2 Å². The second kappa shape index (κ2) is 8.02. The van der Waals surface area contributed by atoms with Crippen LogP contribution in [0, 0.1) is 17.1 Å². The van der Waals surface area contributed by atoms with Crippen LogP contribution in [0.2, 0.25) is 0 Å². The molecule has 1 atom stereocenters. The van der Waals surface area contributed by atoms with E-state index < -0.39 is 46.0 Å². The second-order valence-electron chi connectivity index (χ2n) is 7.71. The van der Waals surface area contributed by atoms with E-state index in [-0.39, 0.29) is 23.4 Å². The third-order valence-corrected chi connectivity index (χ3v) is 5.65. The lowest BCUT2D eigenvalue weighted by molar-refractivity contribution is -0.137. The van der Waals surface area contributed by atoms with Crippen molar-refractivity contribution < 1.29 is 27.2 Å². The maximum atomic E-state index is 14.5. The number of nitrogens with two attached hydrogens (primary N) is 1. The molecule has 1 saturated heterocycles. The highest BCUT2D eigenvalue weighted by atomic mass is 32.1. The molecule has 0 radical (unpaired) electrons. The number of amides is 2. The summed E-state index contributed by atoms with van der Waals surface area (Å²) in [7, 11) is 0. The SMILES string of the molecule is CC1(C)C(=O)N(c2ccc(C#N)c(C(F)(F)F)c2)C(S)N1c1ccc(CC(N)=O)c(F)c1. The largest absolute Gasteiger partial charge is 0.417 e. The van der Waals surface area contributed by atoms with Gasteiger partial charge >= 0.3 is 6.18 Å². The van der Waals surface area contributed by atoms with E-state index in [1.54, 1.807) is 0 Å². The van der Waals surface area contributed by atoms with Crippen molar-refractivity contribution in [3.8, 4) is 6.07 Å². The summed E-state index contributed by atoms with van der Waals surface area (Å²) in [6.07, 6.45) is -5.11. The lowest BCUT2D eigenvalue weighted by Crippen LogP contribution is -2.45. The van der Waals surface area contributed by atoms with Crippen molar-refractivity contribution in [2.45, 2.75) is 37.5 Å². The van der Waals surface area contributed by atoms with Gasteiger partial charge in [0.15, 0.2) is 5.50 Å². The summed E-state index contributed by atoms with van der Waals surface area (Å²) in [4.78, 5) is 26.7. The Morgan fingerprint density at radius 3 is 2.38 bits per heavy atom. The van der Waals surface area contributed by atoms with Crippen LogP contribution < -0.4 is 15.5 Å². The highest BCUT2D eigenvalue weighted by Gasteiger charge is 2.51. The zero-order valence-corrected chi connectivity index (χ0v) is 17.8. The van der Waals surface area contributed by atoms with Gasteiger partial charge in [0.2, 0.25) is 5.91 Å². The number of nitrogens with zero attached hydrogens (tertiary/aromatic N) is 3. The molecule has 1 aliphatic heterocycles. The molecule has 2 aromatic carbocycles. The average Bonchev–Trinajstić information content (AvgIpc) is 2.86. The van der Waals surface area contributed by atoms with Gasteiger partial charge in [0.25, 0.3) is 5.91 Å². The van der Waals surface area contributed by atoms with E-state index in [0.717, 1.165) is 23.1 Å². The summed E-state index contributed by atoms with van der Waals surface area (Å²) >= 11 is 4.44. The first-order chi connectivity index (χ1) is 14.8. The number of nitriles is 1. The van der Waals surface area contributed by atoms with E-state index in [1.807, 2.05) is 0 Å². The maximum Gasteiger partial charge on any atom is 0.417 e.